The van der Waals surface area contributed by atoms with Gasteiger partial charge in [-0.05, 0) is 48.7 Å². The van der Waals surface area contributed by atoms with Gasteiger partial charge < -0.3 is 23.9 Å². The number of imidazole rings is 1. The van der Waals surface area contributed by atoms with Crippen molar-refractivity contribution in [3.63, 3.8) is 0 Å². The smallest absolute Gasteiger partial charge is 0.161 e. The number of aliphatic hydroxyl groups is 1. The molecule has 1 fully saturated rings. The van der Waals surface area contributed by atoms with E-state index in [-0.39, 0.29) is 6.61 Å². The molecule has 3 aromatic rings. The van der Waals surface area contributed by atoms with E-state index >= 15 is 0 Å². The maximum absolute atomic E-state index is 10.9. The summed E-state index contributed by atoms with van der Waals surface area (Å²) in [6.07, 6.45) is 6.74. The third-order valence-electron chi connectivity index (χ3n) is 5.89. The largest absolute Gasteiger partial charge is 0.493 e. The summed E-state index contributed by atoms with van der Waals surface area (Å²) in [6, 6.07) is 13.3. The second kappa shape index (κ2) is 10.9. The number of hydrogen-bond donors (Lipinski definition) is 1. The summed E-state index contributed by atoms with van der Waals surface area (Å²) in [5.41, 5.74) is 0.318. The van der Waals surface area contributed by atoms with E-state index in [9.17, 15) is 5.11 Å². The average molecular weight is 472 g/mol. The molecular weight excluding hydrogens is 442 g/mol. The number of likely N-dealkylation sites (tertiary alicyclic amines) is 1. The molecule has 8 heteroatoms. The van der Waals surface area contributed by atoms with Crippen LogP contribution in [0, 0.1) is 0 Å². The molecule has 1 aromatic heterocycles. The number of ether oxygens (including phenoxy) is 3. The topological polar surface area (TPSA) is 69.0 Å². The molecule has 1 N–H and O–H groups in total. The molecule has 0 saturated carbocycles. The van der Waals surface area contributed by atoms with Crippen LogP contribution in [0.5, 0.6) is 17.2 Å². The Labute approximate surface area is 199 Å². The molecule has 1 saturated heterocycles. The quantitative estimate of drug-likeness (QED) is 0.481. The summed E-state index contributed by atoms with van der Waals surface area (Å²) >= 11 is 6.01. The van der Waals surface area contributed by atoms with E-state index < -0.39 is 5.60 Å². The van der Waals surface area contributed by atoms with Crippen LogP contribution in [0.15, 0.2) is 61.2 Å². The van der Waals surface area contributed by atoms with E-state index in [1.54, 1.807) is 31.8 Å². The highest BCUT2D eigenvalue weighted by Gasteiger charge is 2.33. The van der Waals surface area contributed by atoms with Gasteiger partial charge in [0.2, 0.25) is 0 Å². The maximum Gasteiger partial charge on any atom is 0.161 e. The minimum absolute atomic E-state index is 0.264. The zero-order valence-electron chi connectivity index (χ0n) is 18.8. The molecule has 0 radical (unpaired) electrons. The number of halogens is 1. The van der Waals surface area contributed by atoms with E-state index in [0.29, 0.717) is 30.2 Å². The summed E-state index contributed by atoms with van der Waals surface area (Å²) in [7, 11) is 1.66. The Hall–Kier alpha value is -2.74. The molecule has 1 aliphatic rings. The van der Waals surface area contributed by atoms with Crippen molar-refractivity contribution in [3.05, 3.63) is 71.8 Å². The van der Waals surface area contributed by atoms with Crippen molar-refractivity contribution in [1.82, 2.24) is 14.5 Å². The van der Waals surface area contributed by atoms with E-state index in [0.717, 1.165) is 43.2 Å². The molecular formula is C25H30ClN3O4. The summed E-state index contributed by atoms with van der Waals surface area (Å²) in [6.45, 7) is 3.90. The Morgan fingerprint density at radius 1 is 1.09 bits per heavy atom. The fourth-order valence-corrected chi connectivity index (χ4v) is 4.09. The number of benzene rings is 2. The molecule has 0 atom stereocenters. The Balaban J connectivity index is 1.26. The lowest BCUT2D eigenvalue weighted by molar-refractivity contribution is -0.0537. The van der Waals surface area contributed by atoms with Crippen LogP contribution in [0.4, 0.5) is 0 Å². The summed E-state index contributed by atoms with van der Waals surface area (Å²) in [5.74, 6) is 2.13. The van der Waals surface area contributed by atoms with Gasteiger partial charge >= 0.3 is 0 Å². The van der Waals surface area contributed by atoms with Gasteiger partial charge in [0.1, 0.15) is 24.6 Å². The summed E-state index contributed by atoms with van der Waals surface area (Å²) in [4.78, 5) is 6.37. The first-order valence-electron chi connectivity index (χ1n) is 11.1. The van der Waals surface area contributed by atoms with Crippen molar-refractivity contribution < 1.29 is 19.3 Å². The van der Waals surface area contributed by atoms with E-state index in [1.807, 2.05) is 35.0 Å². The van der Waals surface area contributed by atoms with Gasteiger partial charge in [0.15, 0.2) is 11.5 Å². The number of hydrogen-bond acceptors (Lipinski definition) is 6. The first kappa shape index (κ1) is 23.4. The molecule has 0 amide bonds. The number of nitrogens with zero attached hydrogens (tertiary/aromatic N) is 3. The lowest BCUT2D eigenvalue weighted by Gasteiger charge is -2.38. The zero-order valence-corrected chi connectivity index (χ0v) is 19.6. The van der Waals surface area contributed by atoms with Crippen LogP contribution in [-0.4, -0.2) is 58.6 Å². The highest BCUT2D eigenvalue weighted by molar-refractivity contribution is 6.30. The number of piperidine rings is 1. The van der Waals surface area contributed by atoms with Gasteiger partial charge in [0, 0.05) is 37.1 Å². The molecule has 4 rings (SSSR count). The Bertz CT molecular complexity index is 1020. The lowest BCUT2D eigenvalue weighted by atomic mass is 9.92. The maximum atomic E-state index is 10.9. The fraction of sp³-hybridized carbons (Fsp3) is 0.400. The minimum Gasteiger partial charge on any atom is -0.493 e. The van der Waals surface area contributed by atoms with Crippen molar-refractivity contribution >= 4 is 11.6 Å². The molecule has 33 heavy (non-hydrogen) atoms. The molecule has 0 bridgehead atoms. The molecule has 0 aliphatic carbocycles. The third kappa shape index (κ3) is 6.63. The Morgan fingerprint density at radius 2 is 1.94 bits per heavy atom. The van der Waals surface area contributed by atoms with Gasteiger partial charge in [-0.1, -0.05) is 23.7 Å². The van der Waals surface area contributed by atoms with Gasteiger partial charge in [-0.2, -0.15) is 0 Å². The Kier molecular flexibility index (Phi) is 7.75. The van der Waals surface area contributed by atoms with Crippen molar-refractivity contribution in [3.8, 4) is 17.2 Å². The van der Waals surface area contributed by atoms with Crippen molar-refractivity contribution in [2.45, 2.75) is 31.5 Å². The second-order valence-corrected chi connectivity index (χ2v) is 8.82. The second-order valence-electron chi connectivity index (χ2n) is 8.38. The molecule has 7 nitrogen and oxygen atoms in total. The van der Waals surface area contributed by atoms with Gasteiger partial charge in [-0.3, -0.25) is 4.90 Å². The predicted molar refractivity (Wildman–Crippen MR) is 127 cm³/mol. The van der Waals surface area contributed by atoms with Crippen LogP contribution in [0.3, 0.4) is 0 Å². The van der Waals surface area contributed by atoms with E-state index in [1.165, 1.54) is 0 Å². The van der Waals surface area contributed by atoms with Crippen LogP contribution >= 0.6 is 11.6 Å². The minimum atomic E-state index is -0.830. The van der Waals surface area contributed by atoms with E-state index in [4.69, 9.17) is 25.8 Å². The standard InChI is InChI=1S/C25H30ClN3O4/c1-31-24-15-20(5-6-23(24)32-14-13-29-12-9-27-19-29)17-28-10-7-25(30,8-11-28)18-33-22-4-2-3-21(26)16-22/h2-6,9,12,15-16,19,30H,7-8,10-11,13-14,17-18H2,1H3. The first-order chi connectivity index (χ1) is 16.0. The van der Waals surface area contributed by atoms with Crippen molar-refractivity contribution in [1.29, 1.82) is 0 Å². The first-order valence-corrected chi connectivity index (χ1v) is 11.5. The molecule has 2 aromatic carbocycles. The molecule has 0 unspecified atom stereocenters. The van der Waals surface area contributed by atoms with Crippen LogP contribution in [0.2, 0.25) is 5.02 Å². The van der Waals surface area contributed by atoms with Crippen LogP contribution in [0.1, 0.15) is 18.4 Å². The van der Waals surface area contributed by atoms with Crippen molar-refractivity contribution in [2.24, 2.45) is 0 Å². The average Bonchev–Trinajstić information content (AvgIpc) is 3.34. The molecule has 1 aliphatic heterocycles. The van der Waals surface area contributed by atoms with Gasteiger partial charge in [0.05, 0.1) is 20.0 Å². The monoisotopic (exact) mass is 471 g/mol. The molecule has 2 heterocycles. The summed E-state index contributed by atoms with van der Waals surface area (Å²) < 4.78 is 19.2. The molecule has 0 spiro atoms. The lowest BCUT2D eigenvalue weighted by Crippen LogP contribution is -2.47. The van der Waals surface area contributed by atoms with Gasteiger partial charge in [0.25, 0.3) is 0 Å². The van der Waals surface area contributed by atoms with Gasteiger partial charge in [-0.15, -0.1) is 0 Å². The SMILES string of the molecule is COc1cc(CN2CCC(O)(COc3cccc(Cl)c3)CC2)ccc1OCCn1ccnc1. The third-order valence-corrected chi connectivity index (χ3v) is 6.13. The predicted octanol–water partition coefficient (Wildman–Crippen LogP) is 4.03. The summed E-state index contributed by atoms with van der Waals surface area (Å²) in [5, 5.41) is 11.6. The Morgan fingerprint density at radius 3 is 2.67 bits per heavy atom. The number of methoxy groups -OCH3 is 1. The number of aromatic nitrogens is 2. The highest BCUT2D eigenvalue weighted by Crippen LogP contribution is 2.30. The highest BCUT2D eigenvalue weighted by atomic mass is 35.5. The van der Waals surface area contributed by atoms with Crippen LogP contribution < -0.4 is 14.2 Å². The molecule has 176 valence electrons. The fourth-order valence-electron chi connectivity index (χ4n) is 3.91. The van der Waals surface area contributed by atoms with Crippen molar-refractivity contribution in [2.75, 3.05) is 33.4 Å². The van der Waals surface area contributed by atoms with E-state index in [2.05, 4.69) is 16.0 Å². The number of rotatable bonds is 10. The normalized spacial score (nSPS) is 15.8. The van der Waals surface area contributed by atoms with Gasteiger partial charge in [-0.25, -0.2) is 4.98 Å². The zero-order chi connectivity index (χ0) is 23.1. The van der Waals surface area contributed by atoms with Crippen LogP contribution in [-0.2, 0) is 13.1 Å². The van der Waals surface area contributed by atoms with Crippen LogP contribution in [0.25, 0.3) is 0 Å².